The Labute approximate surface area is 145 Å². The summed E-state index contributed by atoms with van der Waals surface area (Å²) in [6.45, 7) is 3.41. The summed E-state index contributed by atoms with van der Waals surface area (Å²) in [5.74, 6) is -0.194. The van der Waals surface area contributed by atoms with Gasteiger partial charge in [-0.15, -0.1) is 0 Å². The highest BCUT2D eigenvalue weighted by atomic mass is 16.6. The number of amides is 1. The van der Waals surface area contributed by atoms with E-state index in [2.05, 4.69) is 15.5 Å². The minimum Gasteiger partial charge on any atom is -0.482 e. The van der Waals surface area contributed by atoms with Crippen LogP contribution in [0.2, 0.25) is 0 Å². The summed E-state index contributed by atoms with van der Waals surface area (Å²) in [6.07, 6.45) is 4.41. The van der Waals surface area contributed by atoms with Gasteiger partial charge >= 0.3 is 5.97 Å². The minimum absolute atomic E-state index is 0.145. The molecule has 1 aromatic carbocycles. The molecule has 0 unspecified atom stereocenters. The summed E-state index contributed by atoms with van der Waals surface area (Å²) >= 11 is 0. The molecule has 0 radical (unpaired) electrons. The normalized spacial score (nSPS) is 10.7. The Kier molecular flexibility index (Phi) is 6.65. The number of ether oxygens (including phenoxy) is 2. The van der Waals surface area contributed by atoms with E-state index in [4.69, 9.17) is 9.47 Å². The predicted molar refractivity (Wildman–Crippen MR) is 92.5 cm³/mol. The molecule has 0 spiro atoms. The molecule has 0 atom stereocenters. The number of carbonyl (C=O) groups excluding carboxylic acids is 2. The predicted octanol–water partition coefficient (Wildman–Crippen LogP) is 2.18. The first kappa shape index (κ1) is 18.1. The van der Waals surface area contributed by atoms with Crippen molar-refractivity contribution in [3.63, 3.8) is 0 Å². The van der Waals surface area contributed by atoms with E-state index in [1.807, 2.05) is 0 Å². The smallest absolute Gasteiger partial charge is 0.344 e. The summed E-state index contributed by atoms with van der Waals surface area (Å²) in [5.41, 5.74) is 3.68. The second-order valence-electron chi connectivity index (χ2n) is 5.33. The zero-order valence-electron chi connectivity index (χ0n) is 14.0. The molecule has 25 heavy (non-hydrogen) atoms. The SMILES string of the molecule is CC(C)OC(=O)COc1ccc(/C=N\NC(=O)c2ccncc2)cc1. The molecule has 0 aliphatic rings. The van der Waals surface area contributed by atoms with E-state index in [9.17, 15) is 9.59 Å². The van der Waals surface area contributed by atoms with Crippen LogP contribution >= 0.6 is 0 Å². The number of carbonyl (C=O) groups is 2. The lowest BCUT2D eigenvalue weighted by molar-refractivity contribution is -0.149. The van der Waals surface area contributed by atoms with Crippen LogP contribution in [0.15, 0.2) is 53.9 Å². The lowest BCUT2D eigenvalue weighted by atomic mass is 10.2. The van der Waals surface area contributed by atoms with Crippen LogP contribution in [0, 0.1) is 0 Å². The minimum atomic E-state index is -0.417. The molecule has 1 aromatic heterocycles. The van der Waals surface area contributed by atoms with Crippen LogP contribution in [0.5, 0.6) is 5.75 Å². The zero-order chi connectivity index (χ0) is 18.1. The van der Waals surface area contributed by atoms with Crippen molar-refractivity contribution < 1.29 is 19.1 Å². The van der Waals surface area contributed by atoms with E-state index < -0.39 is 5.97 Å². The molecule has 7 nitrogen and oxygen atoms in total. The van der Waals surface area contributed by atoms with Crippen molar-refractivity contribution in [2.24, 2.45) is 5.10 Å². The number of nitrogens with one attached hydrogen (secondary N) is 1. The number of hydrogen-bond acceptors (Lipinski definition) is 6. The molecule has 0 fully saturated rings. The summed E-state index contributed by atoms with van der Waals surface area (Å²) in [7, 11) is 0. The third kappa shape index (κ3) is 6.42. The number of pyridine rings is 1. The molecule has 130 valence electrons. The molecule has 7 heteroatoms. The van der Waals surface area contributed by atoms with E-state index in [0.717, 1.165) is 5.56 Å². The Morgan fingerprint density at radius 3 is 2.48 bits per heavy atom. The molecular formula is C18H19N3O4. The Morgan fingerprint density at radius 1 is 1.16 bits per heavy atom. The fraction of sp³-hybridized carbons (Fsp3) is 0.222. The Bertz CT molecular complexity index is 728. The van der Waals surface area contributed by atoms with Crippen molar-refractivity contribution >= 4 is 18.1 Å². The van der Waals surface area contributed by atoms with Crippen molar-refractivity contribution in [1.82, 2.24) is 10.4 Å². The Balaban J connectivity index is 1.81. The summed E-state index contributed by atoms with van der Waals surface area (Å²) < 4.78 is 10.3. The van der Waals surface area contributed by atoms with Gasteiger partial charge in [-0.3, -0.25) is 9.78 Å². The first-order chi connectivity index (χ1) is 12.0. The number of nitrogens with zero attached hydrogens (tertiary/aromatic N) is 2. The average Bonchev–Trinajstić information content (AvgIpc) is 2.61. The topological polar surface area (TPSA) is 89.9 Å². The molecular weight excluding hydrogens is 322 g/mol. The van der Waals surface area contributed by atoms with E-state index in [0.29, 0.717) is 11.3 Å². The summed E-state index contributed by atoms with van der Waals surface area (Å²) in [6, 6.07) is 10.1. The standard InChI is InChI=1S/C18H19N3O4/c1-13(2)25-17(22)12-24-16-5-3-14(4-6-16)11-20-21-18(23)15-7-9-19-10-8-15/h3-11,13H,12H2,1-2H3,(H,21,23)/b20-11-. The largest absolute Gasteiger partial charge is 0.482 e. The molecule has 0 saturated heterocycles. The third-order valence-corrected chi connectivity index (χ3v) is 2.93. The van der Waals surface area contributed by atoms with Gasteiger partial charge < -0.3 is 9.47 Å². The maximum absolute atomic E-state index is 11.8. The van der Waals surface area contributed by atoms with Crippen molar-refractivity contribution in [1.29, 1.82) is 0 Å². The molecule has 1 amide bonds. The summed E-state index contributed by atoms with van der Waals surface area (Å²) in [4.78, 5) is 27.0. The van der Waals surface area contributed by atoms with Crippen LogP contribution in [-0.4, -0.2) is 35.8 Å². The number of esters is 1. The van der Waals surface area contributed by atoms with Gasteiger partial charge in [-0.25, -0.2) is 10.2 Å². The van der Waals surface area contributed by atoms with Gasteiger partial charge in [-0.2, -0.15) is 5.10 Å². The molecule has 2 rings (SSSR count). The lowest BCUT2D eigenvalue weighted by Crippen LogP contribution is -2.18. The number of aromatic nitrogens is 1. The number of hydrogen-bond donors (Lipinski definition) is 1. The fourth-order valence-corrected chi connectivity index (χ4v) is 1.82. The maximum Gasteiger partial charge on any atom is 0.344 e. The van der Waals surface area contributed by atoms with Gasteiger partial charge in [0.2, 0.25) is 0 Å². The molecule has 0 aliphatic carbocycles. The van der Waals surface area contributed by atoms with Crippen LogP contribution in [-0.2, 0) is 9.53 Å². The van der Waals surface area contributed by atoms with E-state index in [1.165, 1.54) is 18.6 Å². The molecule has 2 aromatic rings. The monoisotopic (exact) mass is 341 g/mol. The quantitative estimate of drug-likeness (QED) is 0.473. The first-order valence-electron chi connectivity index (χ1n) is 7.70. The molecule has 1 heterocycles. The summed E-state index contributed by atoms with van der Waals surface area (Å²) in [5, 5.41) is 3.89. The third-order valence-electron chi connectivity index (χ3n) is 2.93. The van der Waals surface area contributed by atoms with Crippen molar-refractivity contribution in [2.75, 3.05) is 6.61 Å². The molecule has 0 bridgehead atoms. The van der Waals surface area contributed by atoms with Gasteiger partial charge in [0.15, 0.2) is 6.61 Å². The maximum atomic E-state index is 11.8. The highest BCUT2D eigenvalue weighted by molar-refractivity contribution is 5.94. The van der Waals surface area contributed by atoms with Gasteiger partial charge in [0.1, 0.15) is 5.75 Å². The van der Waals surface area contributed by atoms with Crippen LogP contribution in [0.3, 0.4) is 0 Å². The van der Waals surface area contributed by atoms with Crippen LogP contribution < -0.4 is 10.2 Å². The molecule has 0 aliphatic heterocycles. The van der Waals surface area contributed by atoms with Crippen molar-refractivity contribution in [3.05, 3.63) is 59.9 Å². The van der Waals surface area contributed by atoms with Gasteiger partial charge in [0.05, 0.1) is 12.3 Å². The highest BCUT2D eigenvalue weighted by Gasteiger charge is 2.06. The van der Waals surface area contributed by atoms with Gasteiger partial charge in [-0.1, -0.05) is 0 Å². The number of rotatable bonds is 7. The number of hydrazone groups is 1. The van der Waals surface area contributed by atoms with E-state index in [-0.39, 0.29) is 18.6 Å². The van der Waals surface area contributed by atoms with Crippen molar-refractivity contribution in [2.45, 2.75) is 20.0 Å². The van der Waals surface area contributed by atoms with E-state index >= 15 is 0 Å². The van der Waals surface area contributed by atoms with Crippen LogP contribution in [0.1, 0.15) is 29.8 Å². The highest BCUT2D eigenvalue weighted by Crippen LogP contribution is 2.11. The zero-order valence-corrected chi connectivity index (χ0v) is 14.0. The fourth-order valence-electron chi connectivity index (χ4n) is 1.82. The Morgan fingerprint density at radius 2 is 1.84 bits per heavy atom. The average molecular weight is 341 g/mol. The second-order valence-corrected chi connectivity index (χ2v) is 5.33. The van der Waals surface area contributed by atoms with Crippen LogP contribution in [0.25, 0.3) is 0 Å². The van der Waals surface area contributed by atoms with Crippen LogP contribution in [0.4, 0.5) is 0 Å². The van der Waals surface area contributed by atoms with E-state index in [1.54, 1.807) is 50.2 Å². The Hall–Kier alpha value is -3.22. The van der Waals surface area contributed by atoms with Crippen molar-refractivity contribution in [3.8, 4) is 5.75 Å². The van der Waals surface area contributed by atoms with Gasteiger partial charge in [0, 0.05) is 18.0 Å². The first-order valence-corrected chi connectivity index (χ1v) is 7.70. The second kappa shape index (κ2) is 9.17. The molecule has 0 saturated carbocycles. The van der Waals surface area contributed by atoms with Gasteiger partial charge in [-0.05, 0) is 55.8 Å². The lowest BCUT2D eigenvalue weighted by Gasteiger charge is -2.09. The van der Waals surface area contributed by atoms with Gasteiger partial charge in [0.25, 0.3) is 5.91 Å². The number of benzene rings is 1. The molecule has 1 N–H and O–H groups in total.